The zero-order chi connectivity index (χ0) is 21.6. The van der Waals surface area contributed by atoms with Gasteiger partial charge in [-0.3, -0.25) is 24.6 Å². The molecule has 29 heavy (non-hydrogen) atoms. The summed E-state index contributed by atoms with van der Waals surface area (Å²) >= 11 is 0. The Labute approximate surface area is 170 Å². The van der Waals surface area contributed by atoms with Gasteiger partial charge in [-0.1, -0.05) is 26.7 Å². The van der Waals surface area contributed by atoms with E-state index in [0.717, 1.165) is 37.0 Å². The minimum absolute atomic E-state index is 0.0510. The first-order chi connectivity index (χ1) is 13.6. The molecule has 1 saturated carbocycles. The van der Waals surface area contributed by atoms with Crippen molar-refractivity contribution in [3.63, 3.8) is 0 Å². The molecule has 1 saturated heterocycles. The van der Waals surface area contributed by atoms with Gasteiger partial charge < -0.3 is 15.4 Å². The van der Waals surface area contributed by atoms with Gasteiger partial charge in [0.2, 0.25) is 0 Å². The molecule has 1 aliphatic carbocycles. The van der Waals surface area contributed by atoms with Crippen LogP contribution in [0.2, 0.25) is 0 Å². The lowest BCUT2D eigenvalue weighted by atomic mass is 9.92. The average Bonchev–Trinajstić information content (AvgIpc) is 3.21. The lowest BCUT2D eigenvalue weighted by molar-refractivity contribution is -0.150. The number of imide groups is 2. The van der Waals surface area contributed by atoms with Crippen molar-refractivity contribution >= 4 is 29.8 Å². The molecule has 2 rings (SSSR count). The Morgan fingerprint density at radius 1 is 1.24 bits per heavy atom. The number of carbonyl (C=O) groups is 5. The minimum Gasteiger partial charge on any atom is -0.454 e. The molecular formula is C19H30N4O6. The monoisotopic (exact) mass is 410 g/mol. The van der Waals surface area contributed by atoms with Crippen LogP contribution < -0.4 is 16.0 Å². The van der Waals surface area contributed by atoms with Crippen molar-refractivity contribution < 1.29 is 28.7 Å². The van der Waals surface area contributed by atoms with Gasteiger partial charge >= 0.3 is 18.0 Å². The van der Waals surface area contributed by atoms with Crippen LogP contribution in [0.5, 0.6) is 0 Å². The molecule has 10 nitrogen and oxygen atoms in total. The van der Waals surface area contributed by atoms with Crippen LogP contribution in [0.1, 0.15) is 59.3 Å². The summed E-state index contributed by atoms with van der Waals surface area (Å²) in [6, 6.07) is -1.25. The first-order valence-electron chi connectivity index (χ1n) is 10.0. The molecule has 162 valence electrons. The quantitative estimate of drug-likeness (QED) is 0.404. The van der Waals surface area contributed by atoms with E-state index in [1.165, 1.54) is 0 Å². The number of ether oxygens (including phenoxy) is 1. The van der Waals surface area contributed by atoms with Crippen molar-refractivity contribution in [1.29, 1.82) is 0 Å². The van der Waals surface area contributed by atoms with E-state index in [9.17, 15) is 24.0 Å². The van der Waals surface area contributed by atoms with E-state index in [1.807, 2.05) is 13.8 Å². The van der Waals surface area contributed by atoms with Gasteiger partial charge in [0.1, 0.15) is 12.1 Å². The fourth-order valence-corrected chi connectivity index (χ4v) is 3.41. The lowest BCUT2D eigenvalue weighted by Crippen LogP contribution is -2.45. The van der Waals surface area contributed by atoms with E-state index in [0.29, 0.717) is 12.3 Å². The first-order valence-corrected chi connectivity index (χ1v) is 10.0. The lowest BCUT2D eigenvalue weighted by Gasteiger charge is -2.22. The van der Waals surface area contributed by atoms with Crippen LogP contribution in [0.3, 0.4) is 0 Å². The topological polar surface area (TPSA) is 134 Å². The average molecular weight is 410 g/mol. The van der Waals surface area contributed by atoms with Crippen LogP contribution >= 0.6 is 0 Å². The standard InChI is InChI=1S/C19H30N4O6/c1-12(2)8-9-19(3)16(26)23(18(28)22-19)10-15(25)29-11-14(24)21-17(27)20-13-6-4-5-7-13/h12-13H,4-11H2,1-3H3,(H,22,28)(H2,20,21,24,27)/t19-/m0/s1. The molecule has 0 aromatic carbocycles. The predicted octanol–water partition coefficient (Wildman–Crippen LogP) is 1.04. The highest BCUT2D eigenvalue weighted by Crippen LogP contribution is 2.24. The Kier molecular flexibility index (Phi) is 7.58. The van der Waals surface area contributed by atoms with E-state index < -0.39 is 48.5 Å². The van der Waals surface area contributed by atoms with Gasteiger partial charge in [-0.05, 0) is 38.5 Å². The highest BCUT2D eigenvalue weighted by Gasteiger charge is 2.48. The molecule has 0 spiro atoms. The van der Waals surface area contributed by atoms with Gasteiger partial charge in [0.25, 0.3) is 11.8 Å². The number of urea groups is 2. The van der Waals surface area contributed by atoms with E-state index in [-0.39, 0.29) is 6.04 Å². The number of carbonyl (C=O) groups excluding carboxylic acids is 5. The number of hydrogen-bond acceptors (Lipinski definition) is 6. The summed E-state index contributed by atoms with van der Waals surface area (Å²) in [6.07, 6.45) is 5.02. The van der Waals surface area contributed by atoms with Gasteiger partial charge in [-0.2, -0.15) is 0 Å². The van der Waals surface area contributed by atoms with Crippen LogP contribution in [0.25, 0.3) is 0 Å². The van der Waals surface area contributed by atoms with Crippen LogP contribution in [0, 0.1) is 5.92 Å². The van der Waals surface area contributed by atoms with Crippen LogP contribution in [0.4, 0.5) is 9.59 Å². The third-order valence-electron chi connectivity index (χ3n) is 5.16. The molecule has 10 heteroatoms. The third-order valence-corrected chi connectivity index (χ3v) is 5.16. The summed E-state index contributed by atoms with van der Waals surface area (Å²) in [4.78, 5) is 60.8. The molecule has 0 bridgehead atoms. The molecule has 1 heterocycles. The van der Waals surface area contributed by atoms with Crippen molar-refractivity contribution in [3.05, 3.63) is 0 Å². The number of nitrogens with zero attached hydrogens (tertiary/aromatic N) is 1. The number of hydrogen-bond donors (Lipinski definition) is 3. The fourth-order valence-electron chi connectivity index (χ4n) is 3.41. The van der Waals surface area contributed by atoms with Crippen molar-refractivity contribution in [3.8, 4) is 0 Å². The van der Waals surface area contributed by atoms with Gasteiger partial charge in [-0.25, -0.2) is 9.59 Å². The van der Waals surface area contributed by atoms with Crippen LogP contribution in [-0.2, 0) is 19.1 Å². The smallest absolute Gasteiger partial charge is 0.326 e. The number of nitrogens with one attached hydrogen (secondary N) is 3. The number of rotatable bonds is 8. The van der Waals surface area contributed by atoms with Crippen molar-refractivity contribution in [2.45, 2.75) is 70.9 Å². The highest BCUT2D eigenvalue weighted by atomic mass is 16.5. The SMILES string of the molecule is CC(C)CC[C@]1(C)NC(=O)N(CC(=O)OCC(=O)NC(=O)NC2CCCC2)C1=O. The van der Waals surface area contributed by atoms with Gasteiger partial charge in [0.05, 0.1) is 0 Å². The van der Waals surface area contributed by atoms with Gasteiger partial charge in [-0.15, -0.1) is 0 Å². The molecule has 0 aromatic rings. The second-order valence-corrected chi connectivity index (χ2v) is 8.25. The first kappa shape index (κ1) is 22.6. The summed E-state index contributed by atoms with van der Waals surface area (Å²) in [7, 11) is 0. The Hall–Kier alpha value is -2.65. The summed E-state index contributed by atoms with van der Waals surface area (Å²) < 4.78 is 4.79. The van der Waals surface area contributed by atoms with Gasteiger partial charge in [0.15, 0.2) is 6.61 Å². The second-order valence-electron chi connectivity index (χ2n) is 8.25. The van der Waals surface area contributed by atoms with E-state index in [2.05, 4.69) is 16.0 Å². The predicted molar refractivity (Wildman–Crippen MR) is 103 cm³/mol. The summed E-state index contributed by atoms with van der Waals surface area (Å²) in [6.45, 7) is 4.38. The largest absolute Gasteiger partial charge is 0.454 e. The number of esters is 1. The zero-order valence-corrected chi connectivity index (χ0v) is 17.2. The summed E-state index contributed by atoms with van der Waals surface area (Å²) in [5.41, 5.74) is -1.06. The molecule has 0 aromatic heterocycles. The summed E-state index contributed by atoms with van der Waals surface area (Å²) in [5, 5.41) is 7.38. The minimum atomic E-state index is -1.06. The molecule has 3 N–H and O–H groups in total. The molecule has 1 atom stereocenters. The second kappa shape index (κ2) is 9.71. The Morgan fingerprint density at radius 3 is 2.52 bits per heavy atom. The Bertz CT molecular complexity index is 674. The van der Waals surface area contributed by atoms with Gasteiger partial charge in [0, 0.05) is 6.04 Å². The molecule has 0 radical (unpaired) electrons. The maximum absolute atomic E-state index is 12.5. The molecule has 2 aliphatic rings. The van der Waals surface area contributed by atoms with Crippen molar-refractivity contribution in [2.75, 3.05) is 13.2 Å². The van der Waals surface area contributed by atoms with E-state index >= 15 is 0 Å². The number of amides is 6. The van der Waals surface area contributed by atoms with Crippen LogP contribution in [-0.4, -0.2) is 59.5 Å². The van der Waals surface area contributed by atoms with Crippen LogP contribution in [0.15, 0.2) is 0 Å². The fraction of sp³-hybridized carbons (Fsp3) is 0.737. The van der Waals surface area contributed by atoms with E-state index in [4.69, 9.17) is 4.74 Å². The molecule has 6 amide bonds. The maximum atomic E-state index is 12.5. The molecule has 1 aliphatic heterocycles. The molecule has 2 fully saturated rings. The Balaban J connectivity index is 1.75. The molecule has 0 unspecified atom stereocenters. The van der Waals surface area contributed by atoms with Crippen molar-refractivity contribution in [2.24, 2.45) is 5.92 Å². The Morgan fingerprint density at radius 2 is 1.90 bits per heavy atom. The highest BCUT2D eigenvalue weighted by molar-refractivity contribution is 6.08. The third kappa shape index (κ3) is 6.43. The molecular weight excluding hydrogens is 380 g/mol. The van der Waals surface area contributed by atoms with E-state index in [1.54, 1.807) is 6.92 Å². The zero-order valence-electron chi connectivity index (χ0n) is 17.2. The van der Waals surface area contributed by atoms with Crippen molar-refractivity contribution in [1.82, 2.24) is 20.9 Å². The normalized spacial score (nSPS) is 22.0. The summed E-state index contributed by atoms with van der Waals surface area (Å²) in [5.74, 6) is -1.83. The maximum Gasteiger partial charge on any atom is 0.326 e.